The first-order valence-electron chi connectivity index (χ1n) is 7.43. The zero-order valence-electron chi connectivity index (χ0n) is 12.6. The zero-order valence-corrected chi connectivity index (χ0v) is 12.6. The minimum atomic E-state index is -0.170. The van der Waals surface area contributed by atoms with E-state index >= 15 is 0 Å². The molecule has 2 rings (SSSR count). The van der Waals surface area contributed by atoms with Crippen molar-refractivity contribution in [3.63, 3.8) is 0 Å². The molecule has 0 spiro atoms. The molecular formula is C16H26FN3. The van der Waals surface area contributed by atoms with Crippen LogP contribution in [0.2, 0.25) is 0 Å². The van der Waals surface area contributed by atoms with Crippen LogP contribution in [0.3, 0.4) is 0 Å². The van der Waals surface area contributed by atoms with Crippen molar-refractivity contribution in [3.05, 3.63) is 30.1 Å². The lowest BCUT2D eigenvalue weighted by molar-refractivity contribution is 0.211. The van der Waals surface area contributed by atoms with Crippen molar-refractivity contribution in [3.8, 4) is 0 Å². The molecule has 1 aromatic carbocycles. The van der Waals surface area contributed by atoms with Crippen LogP contribution in [0.25, 0.3) is 0 Å². The Kier molecular flexibility index (Phi) is 5.00. The summed E-state index contributed by atoms with van der Waals surface area (Å²) in [6, 6.07) is 6.79. The first kappa shape index (κ1) is 15.3. The number of benzene rings is 1. The van der Waals surface area contributed by atoms with E-state index < -0.39 is 0 Å². The molecule has 1 fully saturated rings. The Hall–Kier alpha value is -1.13. The molecule has 0 aliphatic carbocycles. The minimum absolute atomic E-state index is 0.170. The molecule has 1 heterocycles. The second-order valence-electron chi connectivity index (χ2n) is 6.42. The SMILES string of the molecule is CC(C)(CN)CCN1CCN(c2ccc(F)cc2)CC1. The van der Waals surface area contributed by atoms with E-state index in [-0.39, 0.29) is 11.2 Å². The zero-order chi connectivity index (χ0) is 14.6. The summed E-state index contributed by atoms with van der Waals surface area (Å²) < 4.78 is 12.9. The van der Waals surface area contributed by atoms with E-state index in [2.05, 4.69) is 23.6 Å². The van der Waals surface area contributed by atoms with Crippen LogP contribution in [0.1, 0.15) is 20.3 Å². The van der Waals surface area contributed by atoms with Crippen molar-refractivity contribution in [2.75, 3.05) is 44.2 Å². The highest BCUT2D eigenvalue weighted by atomic mass is 19.1. The molecule has 0 radical (unpaired) electrons. The van der Waals surface area contributed by atoms with E-state index in [1.165, 1.54) is 12.1 Å². The van der Waals surface area contributed by atoms with Gasteiger partial charge >= 0.3 is 0 Å². The predicted octanol–water partition coefficient (Wildman–Crippen LogP) is 2.32. The van der Waals surface area contributed by atoms with E-state index in [9.17, 15) is 4.39 Å². The van der Waals surface area contributed by atoms with E-state index in [0.717, 1.165) is 51.4 Å². The number of halogens is 1. The van der Waals surface area contributed by atoms with Gasteiger partial charge in [-0.1, -0.05) is 13.8 Å². The summed E-state index contributed by atoms with van der Waals surface area (Å²) in [4.78, 5) is 4.82. The van der Waals surface area contributed by atoms with E-state index in [1.807, 2.05) is 12.1 Å². The van der Waals surface area contributed by atoms with Gasteiger partial charge in [0, 0.05) is 31.9 Å². The lowest BCUT2D eigenvalue weighted by atomic mass is 9.89. The maximum atomic E-state index is 12.9. The van der Waals surface area contributed by atoms with Gasteiger partial charge < -0.3 is 10.6 Å². The van der Waals surface area contributed by atoms with Gasteiger partial charge in [-0.3, -0.25) is 4.90 Å². The topological polar surface area (TPSA) is 32.5 Å². The number of rotatable bonds is 5. The standard InChI is InChI=1S/C16H26FN3/c1-16(2,13-18)7-8-19-9-11-20(12-10-19)15-5-3-14(17)4-6-15/h3-6H,7-13,18H2,1-2H3. The van der Waals surface area contributed by atoms with Gasteiger partial charge in [-0.05, 0) is 49.2 Å². The maximum Gasteiger partial charge on any atom is 0.123 e. The summed E-state index contributed by atoms with van der Waals surface area (Å²) in [6.45, 7) is 10.5. The van der Waals surface area contributed by atoms with Gasteiger partial charge in [0.1, 0.15) is 5.82 Å². The summed E-state index contributed by atoms with van der Waals surface area (Å²) in [7, 11) is 0. The first-order valence-corrected chi connectivity index (χ1v) is 7.43. The summed E-state index contributed by atoms with van der Waals surface area (Å²) in [5.41, 5.74) is 7.12. The Morgan fingerprint density at radius 1 is 1.10 bits per heavy atom. The van der Waals surface area contributed by atoms with Gasteiger partial charge in [0.25, 0.3) is 0 Å². The fourth-order valence-corrected chi connectivity index (χ4v) is 2.44. The van der Waals surface area contributed by atoms with Crippen molar-refractivity contribution < 1.29 is 4.39 Å². The first-order chi connectivity index (χ1) is 9.50. The Morgan fingerprint density at radius 3 is 2.25 bits per heavy atom. The number of nitrogens with two attached hydrogens (primary N) is 1. The van der Waals surface area contributed by atoms with Crippen molar-refractivity contribution in [1.82, 2.24) is 4.90 Å². The molecule has 0 saturated carbocycles. The molecule has 0 aromatic heterocycles. The Labute approximate surface area is 121 Å². The molecule has 4 heteroatoms. The maximum absolute atomic E-state index is 12.9. The summed E-state index contributed by atoms with van der Waals surface area (Å²) >= 11 is 0. The van der Waals surface area contributed by atoms with E-state index in [0.29, 0.717) is 0 Å². The van der Waals surface area contributed by atoms with Crippen molar-refractivity contribution in [2.24, 2.45) is 11.1 Å². The van der Waals surface area contributed by atoms with Crippen LogP contribution in [0, 0.1) is 11.2 Å². The van der Waals surface area contributed by atoms with E-state index in [1.54, 1.807) is 0 Å². The Morgan fingerprint density at radius 2 is 1.70 bits per heavy atom. The summed E-state index contributed by atoms with van der Waals surface area (Å²) in [6.07, 6.45) is 1.14. The third kappa shape index (κ3) is 4.18. The Bertz CT molecular complexity index is 408. The van der Waals surface area contributed by atoms with Gasteiger partial charge in [0.05, 0.1) is 0 Å². The molecule has 3 nitrogen and oxygen atoms in total. The average molecular weight is 279 g/mol. The molecule has 1 saturated heterocycles. The highest BCUT2D eigenvalue weighted by Gasteiger charge is 2.21. The number of anilines is 1. The lowest BCUT2D eigenvalue weighted by Gasteiger charge is -2.37. The average Bonchev–Trinajstić information content (AvgIpc) is 2.47. The third-order valence-electron chi connectivity index (χ3n) is 4.22. The molecule has 2 N–H and O–H groups in total. The van der Waals surface area contributed by atoms with Crippen LogP contribution in [0.4, 0.5) is 10.1 Å². The van der Waals surface area contributed by atoms with Crippen molar-refractivity contribution >= 4 is 5.69 Å². The molecule has 1 aliphatic rings. The van der Waals surface area contributed by atoms with Crippen LogP contribution in [0.15, 0.2) is 24.3 Å². The van der Waals surface area contributed by atoms with Gasteiger partial charge in [0.15, 0.2) is 0 Å². The van der Waals surface area contributed by atoms with Crippen LogP contribution < -0.4 is 10.6 Å². The third-order valence-corrected chi connectivity index (χ3v) is 4.22. The van der Waals surface area contributed by atoms with Crippen LogP contribution in [-0.4, -0.2) is 44.2 Å². The second-order valence-corrected chi connectivity index (χ2v) is 6.42. The molecule has 0 atom stereocenters. The van der Waals surface area contributed by atoms with Crippen molar-refractivity contribution in [2.45, 2.75) is 20.3 Å². The largest absolute Gasteiger partial charge is 0.369 e. The normalized spacial score (nSPS) is 17.5. The van der Waals surface area contributed by atoms with Gasteiger partial charge in [-0.25, -0.2) is 4.39 Å². The number of piperazine rings is 1. The van der Waals surface area contributed by atoms with E-state index in [4.69, 9.17) is 5.73 Å². The number of hydrogen-bond acceptors (Lipinski definition) is 3. The van der Waals surface area contributed by atoms with Crippen LogP contribution >= 0.6 is 0 Å². The summed E-state index contributed by atoms with van der Waals surface area (Å²) in [5.74, 6) is -0.170. The number of nitrogens with zero attached hydrogens (tertiary/aromatic N) is 2. The minimum Gasteiger partial charge on any atom is -0.369 e. The van der Waals surface area contributed by atoms with Crippen molar-refractivity contribution in [1.29, 1.82) is 0 Å². The quantitative estimate of drug-likeness (QED) is 0.898. The molecule has 1 aromatic rings. The molecule has 0 bridgehead atoms. The van der Waals surface area contributed by atoms with Crippen LogP contribution in [0.5, 0.6) is 0 Å². The van der Waals surface area contributed by atoms with Gasteiger partial charge in [0.2, 0.25) is 0 Å². The molecule has 112 valence electrons. The second kappa shape index (κ2) is 6.55. The van der Waals surface area contributed by atoms with Gasteiger partial charge in [-0.2, -0.15) is 0 Å². The van der Waals surface area contributed by atoms with Crippen LogP contribution in [-0.2, 0) is 0 Å². The monoisotopic (exact) mass is 279 g/mol. The molecule has 20 heavy (non-hydrogen) atoms. The molecule has 0 unspecified atom stereocenters. The predicted molar refractivity (Wildman–Crippen MR) is 82.5 cm³/mol. The molecule has 0 amide bonds. The smallest absolute Gasteiger partial charge is 0.123 e. The fraction of sp³-hybridized carbons (Fsp3) is 0.625. The lowest BCUT2D eigenvalue weighted by Crippen LogP contribution is -2.47. The molecule has 1 aliphatic heterocycles. The number of hydrogen-bond donors (Lipinski definition) is 1. The molecular weight excluding hydrogens is 253 g/mol. The summed E-state index contributed by atoms with van der Waals surface area (Å²) in [5, 5.41) is 0. The van der Waals surface area contributed by atoms with Gasteiger partial charge in [-0.15, -0.1) is 0 Å². The highest BCUT2D eigenvalue weighted by Crippen LogP contribution is 2.20. The highest BCUT2D eigenvalue weighted by molar-refractivity contribution is 5.46. The Balaban J connectivity index is 1.79. The fourth-order valence-electron chi connectivity index (χ4n) is 2.44.